The molecule has 0 spiro atoms. The highest BCUT2D eigenvalue weighted by Crippen LogP contribution is 2.25. The third-order valence-corrected chi connectivity index (χ3v) is 8.98. The number of hydrogen-bond acceptors (Lipinski definition) is 4. The molecule has 0 amide bonds. The SMILES string of the molecule is CC[C@@H](C)c1ccc(S(=O)(=O)N2CCC(NS(=O)(=O)c3ccccc3)CC2)cc1. The highest BCUT2D eigenvalue weighted by Gasteiger charge is 2.31. The first-order valence-electron chi connectivity index (χ1n) is 9.91. The molecule has 1 aliphatic rings. The third kappa shape index (κ3) is 5.06. The lowest BCUT2D eigenvalue weighted by molar-refractivity contribution is 0.308. The van der Waals surface area contributed by atoms with Gasteiger partial charge in [0.05, 0.1) is 9.79 Å². The van der Waals surface area contributed by atoms with Crippen LogP contribution >= 0.6 is 0 Å². The number of nitrogens with one attached hydrogen (secondary N) is 1. The fourth-order valence-corrected chi connectivity index (χ4v) is 6.25. The molecule has 1 fully saturated rings. The summed E-state index contributed by atoms with van der Waals surface area (Å²) in [7, 11) is -7.17. The van der Waals surface area contributed by atoms with Gasteiger partial charge in [0.2, 0.25) is 20.0 Å². The second-order valence-corrected chi connectivity index (χ2v) is 11.1. The van der Waals surface area contributed by atoms with Crippen LogP contribution in [0.2, 0.25) is 0 Å². The minimum Gasteiger partial charge on any atom is -0.208 e. The van der Waals surface area contributed by atoms with E-state index in [0.717, 1.165) is 12.0 Å². The highest BCUT2D eigenvalue weighted by atomic mass is 32.2. The standard InChI is InChI=1S/C21H28N2O4S2/c1-3-17(2)18-9-11-21(12-10-18)29(26,27)23-15-13-19(14-16-23)22-28(24,25)20-7-5-4-6-8-20/h4-12,17,19,22H,3,13-16H2,1-2H3/t17-/m1/s1. The molecule has 0 bridgehead atoms. The Morgan fingerprint density at radius 3 is 2.07 bits per heavy atom. The normalized spacial score (nSPS) is 17.9. The van der Waals surface area contributed by atoms with Gasteiger partial charge >= 0.3 is 0 Å². The van der Waals surface area contributed by atoms with E-state index in [1.807, 2.05) is 12.1 Å². The molecule has 158 valence electrons. The van der Waals surface area contributed by atoms with Crippen LogP contribution < -0.4 is 4.72 Å². The molecule has 2 aromatic carbocycles. The number of sulfonamides is 2. The van der Waals surface area contributed by atoms with Crippen molar-refractivity contribution >= 4 is 20.0 Å². The van der Waals surface area contributed by atoms with Gasteiger partial charge in [-0.3, -0.25) is 0 Å². The van der Waals surface area contributed by atoms with Gasteiger partial charge in [-0.15, -0.1) is 0 Å². The smallest absolute Gasteiger partial charge is 0.208 e. The van der Waals surface area contributed by atoms with Gasteiger partial charge in [-0.05, 0) is 55.0 Å². The van der Waals surface area contributed by atoms with Gasteiger partial charge < -0.3 is 0 Å². The van der Waals surface area contributed by atoms with Gasteiger partial charge in [0.25, 0.3) is 0 Å². The average Bonchev–Trinajstić information content (AvgIpc) is 2.74. The largest absolute Gasteiger partial charge is 0.243 e. The predicted octanol–water partition coefficient (Wildman–Crippen LogP) is 3.33. The van der Waals surface area contributed by atoms with Crippen molar-refractivity contribution in [1.29, 1.82) is 0 Å². The van der Waals surface area contributed by atoms with Crippen molar-refractivity contribution in [2.75, 3.05) is 13.1 Å². The second-order valence-electron chi connectivity index (χ2n) is 7.49. The summed E-state index contributed by atoms with van der Waals surface area (Å²) in [5.41, 5.74) is 1.13. The molecule has 3 rings (SSSR count). The Labute approximate surface area is 174 Å². The lowest BCUT2D eigenvalue weighted by Gasteiger charge is -2.31. The molecule has 1 aliphatic heterocycles. The maximum atomic E-state index is 12.9. The van der Waals surface area contributed by atoms with Crippen LogP contribution in [0.1, 0.15) is 44.6 Å². The van der Waals surface area contributed by atoms with Gasteiger partial charge in [0.15, 0.2) is 0 Å². The molecule has 1 heterocycles. The maximum Gasteiger partial charge on any atom is 0.243 e. The van der Waals surface area contributed by atoms with Gasteiger partial charge in [-0.25, -0.2) is 21.6 Å². The quantitative estimate of drug-likeness (QED) is 0.722. The molecule has 0 aliphatic carbocycles. The Balaban J connectivity index is 1.64. The Morgan fingerprint density at radius 2 is 1.52 bits per heavy atom. The Kier molecular flexibility index (Phi) is 6.78. The Hall–Kier alpha value is -1.74. The first-order chi connectivity index (χ1) is 13.7. The minimum atomic E-state index is -3.60. The fraction of sp³-hybridized carbons (Fsp3) is 0.429. The van der Waals surface area contributed by atoms with Crippen LogP contribution in [0.3, 0.4) is 0 Å². The van der Waals surface area contributed by atoms with Crippen molar-refractivity contribution in [1.82, 2.24) is 9.03 Å². The minimum absolute atomic E-state index is 0.219. The Bertz CT molecular complexity index is 1010. The molecule has 1 saturated heterocycles. The molecule has 1 N–H and O–H groups in total. The van der Waals surface area contributed by atoms with Crippen molar-refractivity contribution in [3.63, 3.8) is 0 Å². The lowest BCUT2D eigenvalue weighted by Crippen LogP contribution is -2.46. The van der Waals surface area contributed by atoms with Gasteiger partial charge in [0.1, 0.15) is 0 Å². The van der Waals surface area contributed by atoms with Crippen LogP contribution in [-0.2, 0) is 20.0 Å². The second kappa shape index (κ2) is 8.95. The van der Waals surface area contributed by atoms with Gasteiger partial charge in [0, 0.05) is 19.1 Å². The van der Waals surface area contributed by atoms with E-state index < -0.39 is 20.0 Å². The van der Waals surface area contributed by atoms with Gasteiger partial charge in [-0.2, -0.15) is 4.31 Å². The van der Waals surface area contributed by atoms with E-state index in [0.29, 0.717) is 18.8 Å². The molecule has 8 heteroatoms. The summed E-state index contributed by atoms with van der Waals surface area (Å²) < 4.78 is 55.0. The molecule has 0 aromatic heterocycles. The van der Waals surface area contributed by atoms with Crippen LogP contribution in [0.5, 0.6) is 0 Å². The monoisotopic (exact) mass is 436 g/mol. The third-order valence-electron chi connectivity index (χ3n) is 5.53. The first kappa shape index (κ1) is 22.0. The number of nitrogens with zero attached hydrogens (tertiary/aromatic N) is 1. The zero-order valence-corrected chi connectivity index (χ0v) is 18.4. The summed E-state index contributed by atoms with van der Waals surface area (Å²) in [4.78, 5) is 0.504. The summed E-state index contributed by atoms with van der Waals surface area (Å²) in [5.74, 6) is 0.389. The number of piperidine rings is 1. The van der Waals surface area contributed by atoms with E-state index in [1.165, 1.54) is 4.31 Å². The van der Waals surface area contributed by atoms with Crippen molar-refractivity contribution < 1.29 is 16.8 Å². The topological polar surface area (TPSA) is 83.6 Å². The van der Waals surface area contributed by atoms with E-state index >= 15 is 0 Å². The van der Waals surface area contributed by atoms with Gasteiger partial charge in [-0.1, -0.05) is 44.2 Å². The first-order valence-corrected chi connectivity index (χ1v) is 12.8. The number of hydrogen-bond donors (Lipinski definition) is 1. The summed E-state index contributed by atoms with van der Waals surface area (Å²) in [6.45, 7) is 4.80. The van der Waals surface area contributed by atoms with Crippen LogP contribution in [0, 0.1) is 0 Å². The van der Waals surface area contributed by atoms with E-state index in [2.05, 4.69) is 18.6 Å². The average molecular weight is 437 g/mol. The molecule has 0 saturated carbocycles. The van der Waals surface area contributed by atoms with Crippen LogP contribution in [0.15, 0.2) is 64.4 Å². The Morgan fingerprint density at radius 1 is 0.931 bits per heavy atom. The molecule has 29 heavy (non-hydrogen) atoms. The molecule has 1 atom stereocenters. The number of rotatable bonds is 7. The van der Waals surface area contributed by atoms with E-state index in [4.69, 9.17) is 0 Å². The molecule has 6 nitrogen and oxygen atoms in total. The molecular formula is C21H28N2O4S2. The van der Waals surface area contributed by atoms with E-state index in [9.17, 15) is 16.8 Å². The molecular weight excluding hydrogens is 408 g/mol. The summed E-state index contributed by atoms with van der Waals surface area (Å²) in [5, 5.41) is 0. The summed E-state index contributed by atoms with van der Waals surface area (Å²) >= 11 is 0. The van der Waals surface area contributed by atoms with Crippen LogP contribution in [-0.4, -0.2) is 40.3 Å². The molecule has 0 unspecified atom stereocenters. The number of benzene rings is 2. The zero-order chi connectivity index (χ0) is 21.1. The van der Waals surface area contributed by atoms with Crippen molar-refractivity contribution in [2.24, 2.45) is 0 Å². The molecule has 0 radical (unpaired) electrons. The van der Waals surface area contributed by atoms with Crippen LogP contribution in [0.25, 0.3) is 0 Å². The van der Waals surface area contributed by atoms with Crippen LogP contribution in [0.4, 0.5) is 0 Å². The zero-order valence-electron chi connectivity index (χ0n) is 16.8. The fourth-order valence-electron chi connectivity index (χ4n) is 3.45. The maximum absolute atomic E-state index is 12.9. The summed E-state index contributed by atoms with van der Waals surface area (Å²) in [6, 6.07) is 15.0. The molecule has 2 aromatic rings. The van der Waals surface area contributed by atoms with Crippen molar-refractivity contribution in [2.45, 2.75) is 54.9 Å². The highest BCUT2D eigenvalue weighted by molar-refractivity contribution is 7.89. The van der Waals surface area contributed by atoms with Crippen molar-refractivity contribution in [3.8, 4) is 0 Å². The van der Waals surface area contributed by atoms with Crippen molar-refractivity contribution in [3.05, 3.63) is 60.2 Å². The predicted molar refractivity (Wildman–Crippen MR) is 114 cm³/mol. The van der Waals surface area contributed by atoms with E-state index in [1.54, 1.807) is 42.5 Å². The lowest BCUT2D eigenvalue weighted by atomic mass is 9.99. The van der Waals surface area contributed by atoms with E-state index in [-0.39, 0.29) is 28.9 Å². The summed E-state index contributed by atoms with van der Waals surface area (Å²) in [6.07, 6.45) is 1.88.